The Kier molecular flexibility index (Phi) is 4.03. The van der Waals surface area contributed by atoms with E-state index in [0.717, 1.165) is 36.5 Å². The first-order valence-corrected chi connectivity index (χ1v) is 8.80. The van der Waals surface area contributed by atoms with E-state index in [1.165, 1.54) is 0 Å². The highest BCUT2D eigenvalue weighted by Crippen LogP contribution is 2.34. The molecule has 6 heteroatoms. The van der Waals surface area contributed by atoms with Crippen molar-refractivity contribution in [2.24, 2.45) is 0 Å². The summed E-state index contributed by atoms with van der Waals surface area (Å²) in [5, 5.41) is 2.86. The van der Waals surface area contributed by atoms with Gasteiger partial charge in [0, 0.05) is 37.6 Å². The van der Waals surface area contributed by atoms with Crippen molar-refractivity contribution >= 4 is 17.5 Å². The molecule has 0 saturated carbocycles. The Labute approximate surface area is 146 Å². The van der Waals surface area contributed by atoms with Crippen LogP contribution in [0.25, 0.3) is 0 Å². The van der Waals surface area contributed by atoms with Crippen LogP contribution in [0.1, 0.15) is 42.6 Å². The lowest BCUT2D eigenvalue weighted by Gasteiger charge is -2.37. The van der Waals surface area contributed by atoms with E-state index in [4.69, 9.17) is 0 Å². The van der Waals surface area contributed by atoms with Crippen LogP contribution in [-0.2, 0) is 9.59 Å². The molecule has 2 atom stereocenters. The summed E-state index contributed by atoms with van der Waals surface area (Å²) < 4.78 is 2.15. The van der Waals surface area contributed by atoms with E-state index in [1.54, 1.807) is 6.20 Å². The molecule has 1 saturated heterocycles. The third-order valence-electron chi connectivity index (χ3n) is 5.26. The fourth-order valence-corrected chi connectivity index (χ4v) is 4.01. The second kappa shape index (κ2) is 6.35. The summed E-state index contributed by atoms with van der Waals surface area (Å²) in [6, 6.07) is 7.86. The smallest absolute Gasteiger partial charge is 0.230 e. The van der Waals surface area contributed by atoms with Gasteiger partial charge in [0.05, 0.1) is 12.0 Å². The molecule has 130 valence electrons. The van der Waals surface area contributed by atoms with Gasteiger partial charge in [-0.15, -0.1) is 0 Å². The predicted molar refractivity (Wildman–Crippen MR) is 94.2 cm³/mol. The van der Waals surface area contributed by atoms with Gasteiger partial charge in [-0.2, -0.15) is 0 Å². The monoisotopic (exact) mass is 338 g/mol. The highest BCUT2D eigenvalue weighted by atomic mass is 16.2. The Morgan fingerprint density at radius 2 is 2.16 bits per heavy atom. The average molecular weight is 338 g/mol. The number of benzene rings is 1. The quantitative estimate of drug-likeness (QED) is 0.915. The lowest BCUT2D eigenvalue weighted by molar-refractivity contribution is -0.136. The van der Waals surface area contributed by atoms with Gasteiger partial charge in [-0.3, -0.25) is 9.59 Å². The molecule has 0 aliphatic carbocycles. The summed E-state index contributed by atoms with van der Waals surface area (Å²) >= 11 is 0. The first-order chi connectivity index (χ1) is 12.1. The first kappa shape index (κ1) is 15.9. The van der Waals surface area contributed by atoms with Crippen molar-refractivity contribution in [2.75, 3.05) is 18.4 Å². The minimum atomic E-state index is -0.382. The predicted octanol–water partition coefficient (Wildman–Crippen LogP) is 2.48. The van der Waals surface area contributed by atoms with Crippen LogP contribution in [0.15, 0.2) is 36.7 Å². The highest BCUT2D eigenvalue weighted by Gasteiger charge is 2.35. The number of carbonyl (C=O) groups excluding carboxylic acids is 2. The minimum Gasteiger partial charge on any atom is -0.340 e. The number of nitrogens with one attached hydrogen (secondary N) is 1. The summed E-state index contributed by atoms with van der Waals surface area (Å²) in [5.41, 5.74) is 1.68. The molecule has 2 aliphatic rings. The maximum Gasteiger partial charge on any atom is 0.230 e. The fraction of sp³-hybridized carbons (Fsp3) is 0.421. The number of rotatable bonds is 2. The van der Waals surface area contributed by atoms with Crippen LogP contribution >= 0.6 is 0 Å². The molecule has 4 rings (SSSR count). The van der Waals surface area contributed by atoms with Crippen molar-refractivity contribution < 1.29 is 9.59 Å². The molecule has 25 heavy (non-hydrogen) atoms. The van der Waals surface area contributed by atoms with E-state index in [1.807, 2.05) is 42.3 Å². The molecular formula is C19H22N4O2. The molecule has 0 unspecified atom stereocenters. The highest BCUT2D eigenvalue weighted by molar-refractivity contribution is 6.01. The van der Waals surface area contributed by atoms with Gasteiger partial charge in [0.25, 0.3) is 0 Å². The van der Waals surface area contributed by atoms with E-state index in [2.05, 4.69) is 14.9 Å². The molecule has 2 amide bonds. The molecule has 2 aliphatic heterocycles. The summed E-state index contributed by atoms with van der Waals surface area (Å²) in [6.07, 6.45) is 6.02. The number of likely N-dealkylation sites (tertiary alicyclic amines) is 1. The summed E-state index contributed by atoms with van der Waals surface area (Å²) in [7, 11) is 0. The molecule has 2 aromatic rings. The maximum atomic E-state index is 13.2. The number of carbonyl (C=O) groups is 2. The second-order valence-electron chi connectivity index (χ2n) is 6.85. The third kappa shape index (κ3) is 2.92. The van der Waals surface area contributed by atoms with E-state index in [0.29, 0.717) is 6.54 Å². The molecule has 0 spiro atoms. The topological polar surface area (TPSA) is 67.2 Å². The molecule has 3 heterocycles. The van der Waals surface area contributed by atoms with Crippen LogP contribution in [0.2, 0.25) is 0 Å². The Bertz CT molecular complexity index is 813. The zero-order valence-corrected chi connectivity index (χ0v) is 14.3. The van der Waals surface area contributed by atoms with Gasteiger partial charge >= 0.3 is 0 Å². The van der Waals surface area contributed by atoms with Crippen LogP contribution in [0.5, 0.6) is 0 Å². The SMILES string of the molecule is Cc1nccn1[C@@H]1CCCN(C(=O)[C@H]2CC(=O)Nc3ccccc32)C1. The van der Waals surface area contributed by atoms with Crippen molar-refractivity contribution in [3.05, 3.63) is 48.0 Å². The Balaban J connectivity index is 1.57. The Morgan fingerprint density at radius 1 is 1.32 bits per heavy atom. The Hall–Kier alpha value is -2.63. The molecule has 1 fully saturated rings. The van der Waals surface area contributed by atoms with Gasteiger partial charge in [0.1, 0.15) is 5.82 Å². The van der Waals surface area contributed by atoms with Gasteiger partial charge < -0.3 is 14.8 Å². The number of imidazole rings is 1. The molecule has 0 radical (unpaired) electrons. The van der Waals surface area contributed by atoms with Crippen molar-refractivity contribution in [1.29, 1.82) is 0 Å². The lowest BCUT2D eigenvalue weighted by atomic mass is 9.88. The van der Waals surface area contributed by atoms with Crippen LogP contribution in [0.4, 0.5) is 5.69 Å². The number of hydrogen-bond acceptors (Lipinski definition) is 3. The van der Waals surface area contributed by atoms with Crippen molar-refractivity contribution in [3.8, 4) is 0 Å². The average Bonchev–Trinajstić information content (AvgIpc) is 3.06. The lowest BCUT2D eigenvalue weighted by Crippen LogP contribution is -2.44. The summed E-state index contributed by atoms with van der Waals surface area (Å²) in [4.78, 5) is 31.4. The number of anilines is 1. The van der Waals surface area contributed by atoms with E-state index < -0.39 is 0 Å². The number of para-hydroxylation sites is 1. The molecule has 1 aromatic carbocycles. The van der Waals surface area contributed by atoms with Crippen molar-refractivity contribution in [1.82, 2.24) is 14.5 Å². The van der Waals surface area contributed by atoms with Gasteiger partial charge in [-0.1, -0.05) is 18.2 Å². The molecule has 1 aromatic heterocycles. The second-order valence-corrected chi connectivity index (χ2v) is 6.85. The number of piperidine rings is 1. The first-order valence-electron chi connectivity index (χ1n) is 8.80. The summed E-state index contributed by atoms with van der Waals surface area (Å²) in [5.74, 6) is 0.565. The van der Waals surface area contributed by atoms with E-state index in [-0.39, 0.29) is 30.2 Å². The van der Waals surface area contributed by atoms with Gasteiger partial charge in [0.2, 0.25) is 11.8 Å². The number of fused-ring (bicyclic) bond motifs is 1. The maximum absolute atomic E-state index is 13.2. The van der Waals surface area contributed by atoms with Crippen molar-refractivity contribution in [3.63, 3.8) is 0 Å². The van der Waals surface area contributed by atoms with Crippen molar-refractivity contribution in [2.45, 2.75) is 38.1 Å². The zero-order chi connectivity index (χ0) is 17.4. The number of aryl methyl sites for hydroxylation is 1. The number of aromatic nitrogens is 2. The zero-order valence-electron chi connectivity index (χ0n) is 14.3. The normalized spacial score (nSPS) is 23.1. The number of hydrogen-bond donors (Lipinski definition) is 1. The molecule has 6 nitrogen and oxygen atoms in total. The molecule has 0 bridgehead atoms. The molecular weight excluding hydrogens is 316 g/mol. The van der Waals surface area contributed by atoms with Crippen LogP contribution < -0.4 is 5.32 Å². The van der Waals surface area contributed by atoms with Gasteiger partial charge in [0.15, 0.2) is 0 Å². The Morgan fingerprint density at radius 3 is 2.96 bits per heavy atom. The van der Waals surface area contributed by atoms with Crippen LogP contribution in [0, 0.1) is 6.92 Å². The minimum absolute atomic E-state index is 0.0600. The van der Waals surface area contributed by atoms with Crippen LogP contribution in [0.3, 0.4) is 0 Å². The number of nitrogens with zero attached hydrogens (tertiary/aromatic N) is 3. The summed E-state index contributed by atoms with van der Waals surface area (Å²) in [6.45, 7) is 3.42. The van der Waals surface area contributed by atoms with E-state index in [9.17, 15) is 9.59 Å². The van der Waals surface area contributed by atoms with Gasteiger partial charge in [-0.05, 0) is 31.4 Å². The number of amides is 2. The fourth-order valence-electron chi connectivity index (χ4n) is 4.01. The van der Waals surface area contributed by atoms with Crippen LogP contribution in [-0.4, -0.2) is 39.4 Å². The standard InChI is InChI=1S/C19H22N4O2/c1-13-20-8-10-23(13)14-5-4-9-22(12-14)19(25)16-11-18(24)21-17-7-3-2-6-15(16)17/h2-3,6-8,10,14,16H,4-5,9,11-12H2,1H3,(H,21,24)/t14-,16+/m1/s1. The third-order valence-corrected chi connectivity index (χ3v) is 5.26. The van der Waals surface area contributed by atoms with E-state index >= 15 is 0 Å². The molecule has 1 N–H and O–H groups in total. The largest absolute Gasteiger partial charge is 0.340 e. The van der Waals surface area contributed by atoms with Gasteiger partial charge in [-0.25, -0.2) is 4.98 Å².